The molecule has 0 saturated carbocycles. The molecule has 2 aromatic rings. The Kier molecular flexibility index (Phi) is 6.10. The maximum atomic E-state index is 13.7. The third kappa shape index (κ3) is 4.28. The summed E-state index contributed by atoms with van der Waals surface area (Å²) >= 11 is 1.41. The van der Waals surface area contributed by atoms with Crippen molar-refractivity contribution in [3.8, 4) is 0 Å². The number of aromatic nitrogens is 1. The standard InChI is InChI=1S/C16H18FN3OS.ClH/c1-10-14(9-11-5-2-3-6-12(11)17)22-16(19-10)20-15(21)13-7-4-8-18-13;/h2-3,5-6,13,18H,4,7-9H2,1H3,(H,19,20,21);1H. The van der Waals surface area contributed by atoms with Crippen LogP contribution in [0.2, 0.25) is 0 Å². The minimum Gasteiger partial charge on any atom is -0.306 e. The van der Waals surface area contributed by atoms with E-state index in [2.05, 4.69) is 15.6 Å². The largest absolute Gasteiger partial charge is 0.306 e. The number of hydrogen-bond acceptors (Lipinski definition) is 4. The van der Waals surface area contributed by atoms with Crippen molar-refractivity contribution in [2.75, 3.05) is 11.9 Å². The Bertz CT molecular complexity index is 686. The fraction of sp³-hybridized carbons (Fsp3) is 0.375. The molecule has 1 aromatic heterocycles. The van der Waals surface area contributed by atoms with Gasteiger partial charge in [0.05, 0.1) is 11.7 Å². The second-order valence-corrected chi connectivity index (χ2v) is 6.52. The van der Waals surface area contributed by atoms with E-state index in [1.165, 1.54) is 17.4 Å². The Morgan fingerprint density at radius 3 is 2.96 bits per heavy atom. The molecule has 1 aromatic carbocycles. The van der Waals surface area contributed by atoms with E-state index in [4.69, 9.17) is 0 Å². The average molecular weight is 356 g/mol. The fourth-order valence-corrected chi connectivity index (χ4v) is 3.55. The van der Waals surface area contributed by atoms with Crippen molar-refractivity contribution < 1.29 is 9.18 Å². The number of halogens is 2. The van der Waals surface area contributed by atoms with E-state index in [1.54, 1.807) is 12.1 Å². The van der Waals surface area contributed by atoms with Crippen LogP contribution in [-0.4, -0.2) is 23.5 Å². The topological polar surface area (TPSA) is 54.0 Å². The molecule has 1 aliphatic rings. The lowest BCUT2D eigenvalue weighted by Crippen LogP contribution is -2.35. The lowest BCUT2D eigenvalue weighted by molar-refractivity contribution is -0.117. The van der Waals surface area contributed by atoms with Crippen LogP contribution in [0.25, 0.3) is 0 Å². The second-order valence-electron chi connectivity index (χ2n) is 5.43. The first kappa shape index (κ1) is 17.8. The van der Waals surface area contributed by atoms with Crippen molar-refractivity contribution in [3.05, 3.63) is 46.2 Å². The third-order valence-corrected chi connectivity index (χ3v) is 4.88. The molecule has 2 N–H and O–H groups in total. The van der Waals surface area contributed by atoms with E-state index in [1.807, 2.05) is 13.0 Å². The minimum absolute atomic E-state index is 0. The highest BCUT2D eigenvalue weighted by Crippen LogP contribution is 2.26. The molecule has 4 nitrogen and oxygen atoms in total. The summed E-state index contributed by atoms with van der Waals surface area (Å²) in [6.07, 6.45) is 2.37. The summed E-state index contributed by atoms with van der Waals surface area (Å²) in [7, 11) is 0. The molecule has 1 atom stereocenters. The lowest BCUT2D eigenvalue weighted by Gasteiger charge is -2.08. The molecule has 0 bridgehead atoms. The van der Waals surface area contributed by atoms with Gasteiger partial charge in [-0.2, -0.15) is 0 Å². The van der Waals surface area contributed by atoms with Crippen LogP contribution in [0.1, 0.15) is 29.0 Å². The smallest absolute Gasteiger partial charge is 0.243 e. The minimum atomic E-state index is -0.212. The first-order valence-electron chi connectivity index (χ1n) is 7.37. The number of nitrogens with one attached hydrogen (secondary N) is 2. The molecule has 1 unspecified atom stereocenters. The maximum absolute atomic E-state index is 13.7. The van der Waals surface area contributed by atoms with Gasteiger partial charge in [-0.25, -0.2) is 9.37 Å². The summed E-state index contributed by atoms with van der Waals surface area (Å²) in [6.45, 7) is 2.77. The summed E-state index contributed by atoms with van der Waals surface area (Å²) in [4.78, 5) is 17.4. The Balaban J connectivity index is 0.00000192. The van der Waals surface area contributed by atoms with Gasteiger partial charge in [-0.15, -0.1) is 23.7 Å². The number of hydrogen-bond donors (Lipinski definition) is 2. The molecule has 0 radical (unpaired) electrons. The molecule has 7 heteroatoms. The van der Waals surface area contributed by atoms with E-state index in [9.17, 15) is 9.18 Å². The van der Waals surface area contributed by atoms with Crippen LogP contribution < -0.4 is 10.6 Å². The summed E-state index contributed by atoms with van der Waals surface area (Å²) < 4.78 is 13.7. The Hall–Kier alpha value is -1.50. The molecule has 3 rings (SSSR count). The summed E-state index contributed by atoms with van der Waals surface area (Å²) in [5.74, 6) is -0.250. The van der Waals surface area contributed by atoms with Crippen LogP contribution in [0.5, 0.6) is 0 Å². The normalized spacial score (nSPS) is 16.9. The molecular weight excluding hydrogens is 337 g/mol. The first-order chi connectivity index (χ1) is 10.6. The van der Waals surface area contributed by atoms with Gasteiger partial charge in [0.1, 0.15) is 5.82 Å². The highest BCUT2D eigenvalue weighted by molar-refractivity contribution is 7.15. The van der Waals surface area contributed by atoms with Gasteiger partial charge in [-0.05, 0) is 37.9 Å². The van der Waals surface area contributed by atoms with E-state index >= 15 is 0 Å². The predicted octanol–water partition coefficient (Wildman–Crippen LogP) is 3.29. The average Bonchev–Trinajstić information content (AvgIpc) is 3.12. The van der Waals surface area contributed by atoms with E-state index in [0.717, 1.165) is 30.0 Å². The van der Waals surface area contributed by atoms with E-state index < -0.39 is 0 Å². The van der Waals surface area contributed by atoms with Gasteiger partial charge in [-0.1, -0.05) is 18.2 Å². The van der Waals surface area contributed by atoms with Crippen LogP contribution in [0.15, 0.2) is 24.3 Å². The zero-order valence-electron chi connectivity index (χ0n) is 12.8. The van der Waals surface area contributed by atoms with Gasteiger partial charge in [-0.3, -0.25) is 4.79 Å². The molecule has 23 heavy (non-hydrogen) atoms. The van der Waals surface area contributed by atoms with Crippen LogP contribution >= 0.6 is 23.7 Å². The molecule has 1 aliphatic heterocycles. The van der Waals surface area contributed by atoms with Gasteiger partial charge < -0.3 is 10.6 Å². The highest BCUT2D eigenvalue weighted by Gasteiger charge is 2.23. The number of benzene rings is 1. The van der Waals surface area contributed by atoms with Crippen molar-refractivity contribution in [2.24, 2.45) is 0 Å². The number of thiazole rings is 1. The maximum Gasteiger partial charge on any atom is 0.243 e. The Morgan fingerprint density at radius 1 is 1.48 bits per heavy atom. The summed E-state index contributed by atoms with van der Waals surface area (Å²) in [5, 5.41) is 6.60. The summed E-state index contributed by atoms with van der Waals surface area (Å²) in [5.41, 5.74) is 1.48. The number of aryl methyl sites for hydroxylation is 1. The molecule has 0 aliphatic carbocycles. The monoisotopic (exact) mass is 355 g/mol. The third-order valence-electron chi connectivity index (χ3n) is 3.81. The van der Waals surface area contributed by atoms with Crippen LogP contribution in [0, 0.1) is 12.7 Å². The van der Waals surface area contributed by atoms with Crippen LogP contribution in [0.4, 0.5) is 9.52 Å². The summed E-state index contributed by atoms with van der Waals surface area (Å²) in [6, 6.07) is 6.61. The zero-order chi connectivity index (χ0) is 15.5. The quantitative estimate of drug-likeness (QED) is 0.884. The zero-order valence-corrected chi connectivity index (χ0v) is 14.4. The second kappa shape index (κ2) is 7.86. The van der Waals surface area contributed by atoms with Gasteiger partial charge in [0.15, 0.2) is 5.13 Å². The predicted molar refractivity (Wildman–Crippen MR) is 93.0 cm³/mol. The Morgan fingerprint density at radius 2 is 2.26 bits per heavy atom. The van der Waals surface area contributed by atoms with Crippen molar-refractivity contribution in [3.63, 3.8) is 0 Å². The molecule has 0 spiro atoms. The molecule has 1 saturated heterocycles. The number of amides is 1. The molecule has 1 fully saturated rings. The number of carbonyl (C=O) groups is 1. The van der Waals surface area contributed by atoms with Gasteiger partial charge in [0.2, 0.25) is 5.91 Å². The number of anilines is 1. The SMILES string of the molecule is Cc1nc(NC(=O)C2CCCN2)sc1Cc1ccccc1F.Cl. The number of nitrogens with zero attached hydrogens (tertiary/aromatic N) is 1. The van der Waals surface area contributed by atoms with E-state index in [-0.39, 0.29) is 30.2 Å². The van der Waals surface area contributed by atoms with Crippen molar-refractivity contribution in [1.82, 2.24) is 10.3 Å². The van der Waals surface area contributed by atoms with Gasteiger partial charge in [0, 0.05) is 11.3 Å². The first-order valence-corrected chi connectivity index (χ1v) is 8.19. The molecule has 1 amide bonds. The van der Waals surface area contributed by atoms with Crippen molar-refractivity contribution in [1.29, 1.82) is 0 Å². The van der Waals surface area contributed by atoms with E-state index in [0.29, 0.717) is 17.1 Å². The number of carbonyl (C=O) groups excluding carboxylic acids is 1. The fourth-order valence-electron chi connectivity index (χ4n) is 2.56. The molecular formula is C16H19ClFN3OS. The lowest BCUT2D eigenvalue weighted by atomic mass is 10.1. The Labute approximate surface area is 144 Å². The highest BCUT2D eigenvalue weighted by atomic mass is 35.5. The van der Waals surface area contributed by atoms with Crippen molar-refractivity contribution >= 4 is 34.8 Å². The van der Waals surface area contributed by atoms with Crippen LogP contribution in [0.3, 0.4) is 0 Å². The molecule has 124 valence electrons. The van der Waals surface area contributed by atoms with Gasteiger partial charge in [0.25, 0.3) is 0 Å². The van der Waals surface area contributed by atoms with Gasteiger partial charge >= 0.3 is 0 Å². The van der Waals surface area contributed by atoms with Crippen LogP contribution in [-0.2, 0) is 11.2 Å². The number of rotatable bonds is 4. The van der Waals surface area contributed by atoms with Crippen molar-refractivity contribution in [2.45, 2.75) is 32.2 Å². The molecule has 2 heterocycles.